The van der Waals surface area contributed by atoms with Crippen LogP contribution in [0.1, 0.15) is 20.3 Å². The highest BCUT2D eigenvalue weighted by Crippen LogP contribution is 2.01. The molecular weight excluding hydrogens is 142 g/mol. The highest BCUT2D eigenvalue weighted by Gasteiger charge is 2.05. The zero-order chi connectivity index (χ0) is 8.53. The normalized spacial score (nSPS) is 19.5. The van der Waals surface area contributed by atoms with E-state index in [9.17, 15) is 0 Å². The van der Waals surface area contributed by atoms with E-state index in [-0.39, 0.29) is 6.29 Å². The largest absolute Gasteiger partial charge is 0.353 e. The van der Waals surface area contributed by atoms with E-state index < -0.39 is 0 Å². The van der Waals surface area contributed by atoms with Crippen LogP contribution in [0.3, 0.4) is 0 Å². The maximum Gasteiger partial charge on any atom is 0.154 e. The summed E-state index contributed by atoms with van der Waals surface area (Å²) in [5.41, 5.74) is 0. The van der Waals surface area contributed by atoms with Gasteiger partial charge in [-0.05, 0) is 26.5 Å². The van der Waals surface area contributed by atoms with Crippen LogP contribution in [0.15, 0.2) is 4.99 Å². The summed E-state index contributed by atoms with van der Waals surface area (Å²) in [6, 6.07) is 0. The van der Waals surface area contributed by atoms with Crippen molar-refractivity contribution in [2.45, 2.75) is 26.6 Å². The quantitative estimate of drug-likeness (QED) is 0.501. The maximum atomic E-state index is 5.06. The van der Waals surface area contributed by atoms with Crippen molar-refractivity contribution < 1.29 is 9.47 Å². The van der Waals surface area contributed by atoms with Crippen LogP contribution in [0.5, 0.6) is 0 Å². The first-order chi connectivity index (χ1) is 5.31. The molecule has 1 saturated heterocycles. The Morgan fingerprint density at radius 1 is 1.36 bits per heavy atom. The van der Waals surface area contributed by atoms with E-state index in [0.29, 0.717) is 0 Å². The van der Waals surface area contributed by atoms with Gasteiger partial charge in [0.25, 0.3) is 0 Å². The first-order valence-electron chi connectivity index (χ1n) is 3.91. The molecule has 1 fully saturated rings. The van der Waals surface area contributed by atoms with Crippen molar-refractivity contribution in [1.82, 2.24) is 0 Å². The second kappa shape index (κ2) is 7.69. The van der Waals surface area contributed by atoms with Gasteiger partial charge in [0.1, 0.15) is 0 Å². The molecule has 1 heterocycles. The molecule has 0 atom stereocenters. The van der Waals surface area contributed by atoms with Crippen LogP contribution in [0, 0.1) is 0 Å². The van der Waals surface area contributed by atoms with Crippen LogP contribution in [0.2, 0.25) is 0 Å². The molecule has 0 aromatic rings. The Balaban J connectivity index is 0.000000218. The Hall–Kier alpha value is -0.410. The summed E-state index contributed by atoms with van der Waals surface area (Å²) in [5, 5.41) is 0. The van der Waals surface area contributed by atoms with Gasteiger partial charge in [0.15, 0.2) is 6.29 Å². The second-order valence-corrected chi connectivity index (χ2v) is 2.18. The average molecular weight is 159 g/mol. The van der Waals surface area contributed by atoms with Gasteiger partial charge >= 0.3 is 0 Å². The van der Waals surface area contributed by atoms with Gasteiger partial charge in [-0.15, -0.1) is 0 Å². The Morgan fingerprint density at radius 3 is 2.00 bits per heavy atom. The van der Waals surface area contributed by atoms with Crippen LogP contribution in [-0.2, 0) is 9.47 Å². The van der Waals surface area contributed by atoms with E-state index in [1.807, 2.05) is 13.8 Å². The molecule has 0 aromatic heterocycles. The number of ether oxygens (including phenoxy) is 2. The van der Waals surface area contributed by atoms with Crippen molar-refractivity contribution in [2.75, 3.05) is 20.3 Å². The van der Waals surface area contributed by atoms with Gasteiger partial charge in [-0.2, -0.15) is 0 Å². The van der Waals surface area contributed by atoms with E-state index in [1.54, 1.807) is 13.3 Å². The molecule has 0 aromatic carbocycles. The lowest BCUT2D eigenvalue weighted by molar-refractivity contribution is -0.167. The molecule has 0 N–H and O–H groups in total. The van der Waals surface area contributed by atoms with Gasteiger partial charge in [-0.3, -0.25) is 0 Å². The minimum atomic E-state index is 0.0359. The third kappa shape index (κ3) is 7.49. The van der Waals surface area contributed by atoms with Crippen molar-refractivity contribution >= 4 is 6.21 Å². The summed E-state index contributed by atoms with van der Waals surface area (Å²) >= 11 is 0. The fourth-order valence-electron chi connectivity index (χ4n) is 0.606. The second-order valence-electron chi connectivity index (χ2n) is 2.18. The number of aliphatic imine (C=N–C) groups is 1. The third-order valence-electron chi connectivity index (χ3n) is 1.25. The third-order valence-corrected chi connectivity index (χ3v) is 1.25. The molecule has 0 bridgehead atoms. The zero-order valence-corrected chi connectivity index (χ0v) is 7.54. The molecule has 1 rings (SSSR count). The molecule has 0 radical (unpaired) electrons. The number of nitrogens with zero attached hydrogens (tertiary/aromatic N) is 1. The van der Waals surface area contributed by atoms with Gasteiger partial charge in [-0.1, -0.05) is 0 Å². The average Bonchev–Trinajstić information content (AvgIpc) is 2.07. The van der Waals surface area contributed by atoms with Crippen LogP contribution in [0.4, 0.5) is 0 Å². The summed E-state index contributed by atoms with van der Waals surface area (Å²) in [6.45, 7) is 5.53. The van der Waals surface area contributed by atoms with Gasteiger partial charge in [0, 0.05) is 7.05 Å². The van der Waals surface area contributed by atoms with Crippen LogP contribution in [-0.4, -0.2) is 32.8 Å². The highest BCUT2D eigenvalue weighted by atomic mass is 16.7. The highest BCUT2D eigenvalue weighted by molar-refractivity contribution is 5.52. The van der Waals surface area contributed by atoms with Crippen LogP contribution >= 0.6 is 0 Å². The Bertz CT molecular complexity index is 94.3. The minimum absolute atomic E-state index is 0.0359. The van der Waals surface area contributed by atoms with Crippen molar-refractivity contribution in [3.63, 3.8) is 0 Å². The lowest BCUT2D eigenvalue weighted by Crippen LogP contribution is -2.21. The standard InChI is InChI=1S/C5H10O2.C3H7N/c1-5-6-3-2-4-7-5;1-3-4-2/h5H,2-4H2,1H3;3H,1-2H3. The molecule has 0 amide bonds. The molecular formula is C8H17NO2. The smallest absolute Gasteiger partial charge is 0.154 e. The zero-order valence-electron chi connectivity index (χ0n) is 7.54. The minimum Gasteiger partial charge on any atom is -0.353 e. The van der Waals surface area contributed by atoms with E-state index in [2.05, 4.69) is 4.99 Å². The van der Waals surface area contributed by atoms with E-state index >= 15 is 0 Å². The van der Waals surface area contributed by atoms with Crippen molar-refractivity contribution in [3.8, 4) is 0 Å². The predicted molar refractivity (Wildman–Crippen MR) is 46.1 cm³/mol. The molecule has 66 valence electrons. The first kappa shape index (κ1) is 10.6. The Labute approximate surface area is 68.4 Å². The van der Waals surface area contributed by atoms with E-state index in [1.165, 1.54) is 0 Å². The predicted octanol–water partition coefficient (Wildman–Crippen LogP) is 1.48. The molecule has 1 aliphatic heterocycles. The summed E-state index contributed by atoms with van der Waals surface area (Å²) in [4.78, 5) is 3.61. The molecule has 0 aliphatic carbocycles. The monoisotopic (exact) mass is 159 g/mol. The first-order valence-corrected chi connectivity index (χ1v) is 3.91. The Kier molecular flexibility index (Phi) is 7.41. The number of hydrogen-bond acceptors (Lipinski definition) is 3. The van der Waals surface area contributed by atoms with Gasteiger partial charge < -0.3 is 14.5 Å². The summed E-state index contributed by atoms with van der Waals surface area (Å²) in [5.74, 6) is 0. The molecule has 0 saturated carbocycles. The molecule has 3 nitrogen and oxygen atoms in total. The van der Waals surface area contributed by atoms with E-state index in [4.69, 9.17) is 9.47 Å². The van der Waals surface area contributed by atoms with Crippen LogP contribution < -0.4 is 0 Å². The molecule has 11 heavy (non-hydrogen) atoms. The van der Waals surface area contributed by atoms with Crippen molar-refractivity contribution in [3.05, 3.63) is 0 Å². The van der Waals surface area contributed by atoms with Crippen molar-refractivity contribution in [1.29, 1.82) is 0 Å². The maximum absolute atomic E-state index is 5.06. The fourth-order valence-corrected chi connectivity index (χ4v) is 0.606. The summed E-state index contributed by atoms with van der Waals surface area (Å²) < 4.78 is 10.1. The molecule has 3 heteroatoms. The van der Waals surface area contributed by atoms with Crippen LogP contribution in [0.25, 0.3) is 0 Å². The Morgan fingerprint density at radius 2 is 1.82 bits per heavy atom. The van der Waals surface area contributed by atoms with E-state index in [0.717, 1.165) is 19.6 Å². The SMILES string of the molecule is CC1OCCCO1.CC=NC. The summed E-state index contributed by atoms with van der Waals surface area (Å²) in [7, 11) is 1.75. The van der Waals surface area contributed by atoms with Gasteiger partial charge in [0.05, 0.1) is 13.2 Å². The van der Waals surface area contributed by atoms with Crippen molar-refractivity contribution in [2.24, 2.45) is 4.99 Å². The number of rotatable bonds is 0. The van der Waals surface area contributed by atoms with Gasteiger partial charge in [-0.25, -0.2) is 0 Å². The molecule has 0 unspecified atom stereocenters. The fraction of sp³-hybridized carbons (Fsp3) is 0.875. The molecule has 1 aliphatic rings. The number of hydrogen-bond donors (Lipinski definition) is 0. The summed E-state index contributed by atoms with van der Waals surface area (Å²) in [6.07, 6.45) is 2.83. The van der Waals surface area contributed by atoms with Gasteiger partial charge in [0.2, 0.25) is 0 Å². The topological polar surface area (TPSA) is 30.8 Å². The molecule has 0 spiro atoms. The lowest BCUT2D eigenvalue weighted by Gasteiger charge is -2.18. The lowest BCUT2D eigenvalue weighted by atomic mass is 10.4.